The minimum Gasteiger partial charge on any atom is -0.308 e. The second kappa shape index (κ2) is 7.96. The van der Waals surface area contributed by atoms with Crippen molar-refractivity contribution in [3.8, 4) is 0 Å². The molecule has 6 nitrogen and oxygen atoms in total. The fraction of sp³-hybridized carbons (Fsp3) is 0.316. The standard InChI is InChI=1S/C19H22FN3O3S/c1-2-12-27(25,26)23-11-3-4-14-13-17(9-10-18(14)23)22-19(24)21-16-7-5-15(20)6-8-16/h5-10,13H,2-4,11-12H2,1H3,(H2,21,22,24). The van der Waals surface area contributed by atoms with Gasteiger partial charge in [-0.2, -0.15) is 0 Å². The first-order valence-electron chi connectivity index (χ1n) is 8.86. The molecule has 0 saturated heterocycles. The zero-order valence-electron chi connectivity index (χ0n) is 15.0. The van der Waals surface area contributed by atoms with Crippen molar-refractivity contribution in [3.63, 3.8) is 0 Å². The number of nitrogens with one attached hydrogen (secondary N) is 2. The van der Waals surface area contributed by atoms with Gasteiger partial charge >= 0.3 is 6.03 Å². The maximum absolute atomic E-state index is 12.9. The predicted molar refractivity (Wildman–Crippen MR) is 105 cm³/mol. The number of hydrogen-bond donors (Lipinski definition) is 2. The smallest absolute Gasteiger partial charge is 0.308 e. The van der Waals surface area contributed by atoms with E-state index in [1.165, 1.54) is 28.6 Å². The summed E-state index contributed by atoms with van der Waals surface area (Å²) in [6.07, 6.45) is 2.06. The van der Waals surface area contributed by atoms with Crippen molar-refractivity contribution in [1.82, 2.24) is 0 Å². The third-order valence-electron chi connectivity index (χ3n) is 4.31. The maximum atomic E-state index is 12.9. The molecule has 0 fully saturated rings. The summed E-state index contributed by atoms with van der Waals surface area (Å²) >= 11 is 0. The number of fused-ring (bicyclic) bond motifs is 1. The molecule has 0 bridgehead atoms. The highest BCUT2D eigenvalue weighted by atomic mass is 32.2. The van der Waals surface area contributed by atoms with Crippen LogP contribution in [-0.2, 0) is 16.4 Å². The Morgan fingerprint density at radius 3 is 2.48 bits per heavy atom. The zero-order valence-corrected chi connectivity index (χ0v) is 15.9. The van der Waals surface area contributed by atoms with E-state index in [-0.39, 0.29) is 11.6 Å². The van der Waals surface area contributed by atoms with Crippen molar-refractivity contribution in [3.05, 3.63) is 53.8 Å². The number of rotatable bonds is 5. The molecule has 0 aliphatic carbocycles. The molecule has 2 aromatic carbocycles. The molecule has 1 heterocycles. The van der Waals surface area contributed by atoms with Crippen molar-refractivity contribution in [2.75, 3.05) is 27.2 Å². The fourth-order valence-electron chi connectivity index (χ4n) is 3.12. The molecule has 2 aromatic rings. The lowest BCUT2D eigenvalue weighted by molar-refractivity contribution is 0.262. The first-order valence-corrected chi connectivity index (χ1v) is 10.5. The minimum absolute atomic E-state index is 0.118. The number of carbonyl (C=O) groups is 1. The quantitative estimate of drug-likeness (QED) is 0.810. The van der Waals surface area contributed by atoms with E-state index in [1.807, 2.05) is 6.92 Å². The topological polar surface area (TPSA) is 78.5 Å². The molecule has 2 N–H and O–H groups in total. The lowest BCUT2D eigenvalue weighted by Crippen LogP contribution is -2.37. The zero-order chi connectivity index (χ0) is 19.4. The van der Waals surface area contributed by atoms with E-state index in [2.05, 4.69) is 10.6 Å². The summed E-state index contributed by atoms with van der Waals surface area (Å²) in [5.74, 6) is -0.259. The van der Waals surface area contributed by atoms with Crippen LogP contribution in [-0.4, -0.2) is 26.7 Å². The van der Waals surface area contributed by atoms with E-state index in [0.717, 1.165) is 18.4 Å². The van der Waals surface area contributed by atoms with Crippen molar-refractivity contribution in [2.24, 2.45) is 0 Å². The normalized spacial score (nSPS) is 13.8. The molecule has 0 atom stereocenters. The Balaban J connectivity index is 1.74. The summed E-state index contributed by atoms with van der Waals surface area (Å²) in [7, 11) is -3.32. The molecule has 0 saturated carbocycles. The average Bonchev–Trinajstić information content (AvgIpc) is 2.63. The molecule has 144 valence electrons. The SMILES string of the molecule is CCCS(=O)(=O)N1CCCc2cc(NC(=O)Nc3ccc(F)cc3)ccc21. The highest BCUT2D eigenvalue weighted by Crippen LogP contribution is 2.32. The number of urea groups is 1. The number of aryl methyl sites for hydroxylation is 1. The summed E-state index contributed by atoms with van der Waals surface area (Å²) in [4.78, 5) is 12.1. The summed E-state index contributed by atoms with van der Waals surface area (Å²) in [5.41, 5.74) is 2.62. The van der Waals surface area contributed by atoms with Crippen LogP contribution in [0, 0.1) is 5.82 Å². The van der Waals surface area contributed by atoms with Crippen LogP contribution in [0.15, 0.2) is 42.5 Å². The van der Waals surface area contributed by atoms with Gasteiger partial charge in [-0.1, -0.05) is 6.92 Å². The Bertz CT molecular complexity index is 930. The van der Waals surface area contributed by atoms with Crippen molar-refractivity contribution in [1.29, 1.82) is 0 Å². The lowest BCUT2D eigenvalue weighted by atomic mass is 10.0. The monoisotopic (exact) mass is 391 g/mol. The van der Waals surface area contributed by atoms with Crippen molar-refractivity contribution in [2.45, 2.75) is 26.2 Å². The number of sulfonamides is 1. The van der Waals surface area contributed by atoms with Gasteiger partial charge in [-0.15, -0.1) is 0 Å². The van der Waals surface area contributed by atoms with Gasteiger partial charge in [-0.3, -0.25) is 4.31 Å². The molecule has 0 radical (unpaired) electrons. The van der Waals surface area contributed by atoms with Gasteiger partial charge in [-0.25, -0.2) is 17.6 Å². The molecule has 3 rings (SSSR count). The third kappa shape index (κ3) is 4.57. The Morgan fingerprint density at radius 1 is 1.11 bits per heavy atom. The molecular weight excluding hydrogens is 369 g/mol. The number of carbonyl (C=O) groups excluding carboxylic acids is 1. The third-order valence-corrected chi connectivity index (χ3v) is 6.29. The van der Waals surface area contributed by atoms with Gasteiger partial charge in [0.25, 0.3) is 0 Å². The van der Waals surface area contributed by atoms with Gasteiger partial charge in [0, 0.05) is 17.9 Å². The Morgan fingerprint density at radius 2 is 1.78 bits per heavy atom. The summed E-state index contributed by atoms with van der Waals surface area (Å²) in [6.45, 7) is 2.32. The van der Waals surface area contributed by atoms with Crippen molar-refractivity contribution >= 4 is 33.1 Å². The van der Waals surface area contributed by atoms with E-state index in [0.29, 0.717) is 30.0 Å². The van der Waals surface area contributed by atoms with Crippen LogP contribution in [0.5, 0.6) is 0 Å². The predicted octanol–water partition coefficient (Wildman–Crippen LogP) is 3.96. The van der Waals surface area contributed by atoms with E-state index in [4.69, 9.17) is 0 Å². The number of benzene rings is 2. The fourth-order valence-corrected chi connectivity index (χ4v) is 4.75. The van der Waals surface area contributed by atoms with E-state index in [1.54, 1.807) is 18.2 Å². The number of hydrogen-bond acceptors (Lipinski definition) is 3. The van der Waals surface area contributed by atoms with E-state index in [9.17, 15) is 17.6 Å². The molecule has 1 aliphatic rings. The Hall–Kier alpha value is -2.61. The molecule has 1 aliphatic heterocycles. The molecule has 2 amide bonds. The first kappa shape index (κ1) is 19.2. The van der Waals surface area contributed by atoms with E-state index < -0.39 is 16.1 Å². The first-order chi connectivity index (χ1) is 12.9. The van der Waals surface area contributed by atoms with E-state index >= 15 is 0 Å². The molecule has 8 heteroatoms. The van der Waals surface area contributed by atoms with Crippen LogP contribution in [0.25, 0.3) is 0 Å². The van der Waals surface area contributed by atoms with Crippen LogP contribution >= 0.6 is 0 Å². The number of anilines is 3. The number of nitrogens with zero attached hydrogens (tertiary/aromatic N) is 1. The number of halogens is 1. The summed E-state index contributed by atoms with van der Waals surface area (Å²) < 4.78 is 39.3. The molecule has 0 aromatic heterocycles. The highest BCUT2D eigenvalue weighted by molar-refractivity contribution is 7.92. The van der Waals surface area contributed by atoms with Crippen molar-refractivity contribution < 1.29 is 17.6 Å². The molecule has 0 spiro atoms. The summed E-state index contributed by atoms with van der Waals surface area (Å²) in [6, 6.07) is 10.2. The molecular formula is C19H22FN3O3S. The summed E-state index contributed by atoms with van der Waals surface area (Å²) in [5, 5.41) is 5.35. The minimum atomic E-state index is -3.32. The molecule has 27 heavy (non-hydrogen) atoms. The lowest BCUT2D eigenvalue weighted by Gasteiger charge is -2.30. The largest absolute Gasteiger partial charge is 0.323 e. The van der Waals surface area contributed by atoms with Gasteiger partial charge in [0.1, 0.15) is 5.82 Å². The van der Waals surface area contributed by atoms with Crippen LogP contribution in [0.1, 0.15) is 25.3 Å². The van der Waals surface area contributed by atoms with Gasteiger partial charge in [0.15, 0.2) is 0 Å². The Kier molecular flexibility index (Phi) is 5.65. The average molecular weight is 391 g/mol. The van der Waals surface area contributed by atoms with Gasteiger partial charge in [0.2, 0.25) is 10.0 Å². The van der Waals surface area contributed by atoms with Crippen LogP contribution in [0.4, 0.5) is 26.2 Å². The highest BCUT2D eigenvalue weighted by Gasteiger charge is 2.26. The van der Waals surface area contributed by atoms with Crippen LogP contribution < -0.4 is 14.9 Å². The van der Waals surface area contributed by atoms with Gasteiger partial charge < -0.3 is 10.6 Å². The maximum Gasteiger partial charge on any atom is 0.323 e. The second-order valence-electron chi connectivity index (χ2n) is 6.42. The number of amides is 2. The molecule has 0 unspecified atom stereocenters. The van der Waals surface area contributed by atoms with Gasteiger partial charge in [-0.05, 0) is 67.3 Å². The van der Waals surface area contributed by atoms with Crippen LogP contribution in [0.3, 0.4) is 0 Å². The van der Waals surface area contributed by atoms with Crippen LogP contribution in [0.2, 0.25) is 0 Å². The Labute approximate surface area is 158 Å². The second-order valence-corrected chi connectivity index (χ2v) is 8.43. The van der Waals surface area contributed by atoms with Gasteiger partial charge in [0.05, 0.1) is 11.4 Å².